The quantitative estimate of drug-likeness (QED) is 0.867. The molecular formula is C17H20ClNO2. The van der Waals surface area contributed by atoms with Crippen molar-refractivity contribution in [2.24, 2.45) is 0 Å². The Morgan fingerprint density at radius 1 is 1.19 bits per heavy atom. The average molecular weight is 306 g/mol. The summed E-state index contributed by atoms with van der Waals surface area (Å²) in [6, 6.07) is 13.9. The van der Waals surface area contributed by atoms with Crippen LogP contribution >= 0.6 is 11.6 Å². The van der Waals surface area contributed by atoms with Crippen LogP contribution < -0.4 is 14.8 Å². The zero-order chi connectivity index (χ0) is 15.2. The summed E-state index contributed by atoms with van der Waals surface area (Å²) in [6.07, 6.45) is -0.104. The van der Waals surface area contributed by atoms with Crippen LogP contribution in [0, 0.1) is 0 Å². The zero-order valence-corrected chi connectivity index (χ0v) is 13.3. The van der Waals surface area contributed by atoms with E-state index in [1.807, 2.05) is 56.4 Å². The molecule has 2 aromatic carbocycles. The molecule has 0 aliphatic rings. The van der Waals surface area contributed by atoms with E-state index in [0.717, 1.165) is 17.7 Å². The number of benzene rings is 2. The number of hydrogen-bond donors (Lipinski definition) is 1. The van der Waals surface area contributed by atoms with Gasteiger partial charge in [-0.05, 0) is 37.2 Å². The van der Waals surface area contributed by atoms with E-state index in [0.29, 0.717) is 16.5 Å². The van der Waals surface area contributed by atoms with E-state index in [9.17, 15) is 0 Å². The van der Waals surface area contributed by atoms with Crippen LogP contribution in [0.15, 0.2) is 42.5 Å². The summed E-state index contributed by atoms with van der Waals surface area (Å²) >= 11 is 6.35. The summed E-state index contributed by atoms with van der Waals surface area (Å²) in [6.45, 7) is 2.72. The SMILES string of the molecule is CNCc1cc(Cl)c(OC(C)c2ccccc2)c(OC)c1. The van der Waals surface area contributed by atoms with Gasteiger partial charge in [0.1, 0.15) is 6.10 Å². The molecular weight excluding hydrogens is 286 g/mol. The lowest BCUT2D eigenvalue weighted by molar-refractivity contribution is 0.216. The Balaban J connectivity index is 2.27. The van der Waals surface area contributed by atoms with Gasteiger partial charge >= 0.3 is 0 Å². The second-order valence-corrected chi connectivity index (χ2v) is 5.22. The minimum absolute atomic E-state index is 0.104. The van der Waals surface area contributed by atoms with Gasteiger partial charge in [-0.3, -0.25) is 0 Å². The number of nitrogens with one attached hydrogen (secondary N) is 1. The molecule has 0 aromatic heterocycles. The molecule has 1 N–H and O–H groups in total. The van der Waals surface area contributed by atoms with Gasteiger partial charge in [0.25, 0.3) is 0 Å². The van der Waals surface area contributed by atoms with Crippen LogP contribution in [0.3, 0.4) is 0 Å². The van der Waals surface area contributed by atoms with Gasteiger partial charge in [-0.25, -0.2) is 0 Å². The first-order chi connectivity index (χ1) is 10.2. The fourth-order valence-corrected chi connectivity index (χ4v) is 2.44. The van der Waals surface area contributed by atoms with Crippen molar-refractivity contribution in [2.75, 3.05) is 14.2 Å². The first-order valence-electron chi connectivity index (χ1n) is 6.88. The van der Waals surface area contributed by atoms with Gasteiger partial charge in [-0.1, -0.05) is 41.9 Å². The van der Waals surface area contributed by atoms with E-state index in [2.05, 4.69) is 5.32 Å². The van der Waals surface area contributed by atoms with E-state index in [4.69, 9.17) is 21.1 Å². The smallest absolute Gasteiger partial charge is 0.180 e. The third-order valence-electron chi connectivity index (χ3n) is 3.23. The Hall–Kier alpha value is -1.71. The molecule has 0 bridgehead atoms. The van der Waals surface area contributed by atoms with Crippen LogP contribution in [-0.2, 0) is 6.54 Å². The molecule has 21 heavy (non-hydrogen) atoms. The summed E-state index contributed by atoms with van der Waals surface area (Å²) in [5.74, 6) is 1.23. The fourth-order valence-electron chi connectivity index (χ4n) is 2.16. The van der Waals surface area contributed by atoms with Crippen molar-refractivity contribution >= 4 is 11.6 Å². The Bertz CT molecular complexity index is 587. The summed E-state index contributed by atoms with van der Waals surface area (Å²) in [4.78, 5) is 0. The van der Waals surface area contributed by atoms with E-state index >= 15 is 0 Å². The number of halogens is 1. The number of methoxy groups -OCH3 is 1. The van der Waals surface area contributed by atoms with Gasteiger partial charge in [0.2, 0.25) is 0 Å². The second-order valence-electron chi connectivity index (χ2n) is 4.81. The maximum absolute atomic E-state index is 6.35. The molecule has 1 unspecified atom stereocenters. The van der Waals surface area contributed by atoms with Crippen molar-refractivity contribution in [1.29, 1.82) is 0 Å². The molecule has 112 valence electrons. The lowest BCUT2D eigenvalue weighted by atomic mass is 10.1. The number of ether oxygens (including phenoxy) is 2. The van der Waals surface area contributed by atoms with Crippen LogP contribution in [-0.4, -0.2) is 14.2 Å². The van der Waals surface area contributed by atoms with Crippen LogP contribution in [0.25, 0.3) is 0 Å². The van der Waals surface area contributed by atoms with Gasteiger partial charge in [0.15, 0.2) is 11.5 Å². The largest absolute Gasteiger partial charge is 0.493 e. The molecule has 1 atom stereocenters. The van der Waals surface area contributed by atoms with Crippen LogP contribution in [0.1, 0.15) is 24.2 Å². The van der Waals surface area contributed by atoms with E-state index < -0.39 is 0 Å². The van der Waals surface area contributed by atoms with Gasteiger partial charge in [0, 0.05) is 6.54 Å². The van der Waals surface area contributed by atoms with Crippen molar-refractivity contribution in [3.05, 3.63) is 58.6 Å². The average Bonchev–Trinajstić information content (AvgIpc) is 2.50. The highest BCUT2D eigenvalue weighted by Crippen LogP contribution is 2.39. The minimum Gasteiger partial charge on any atom is -0.493 e. The fraction of sp³-hybridized carbons (Fsp3) is 0.294. The van der Waals surface area contributed by atoms with E-state index in [-0.39, 0.29) is 6.10 Å². The number of rotatable bonds is 6. The van der Waals surface area contributed by atoms with Gasteiger partial charge in [0.05, 0.1) is 12.1 Å². The summed E-state index contributed by atoms with van der Waals surface area (Å²) in [7, 11) is 3.51. The molecule has 4 heteroatoms. The van der Waals surface area contributed by atoms with Crippen LogP contribution in [0.2, 0.25) is 5.02 Å². The van der Waals surface area contributed by atoms with E-state index in [1.165, 1.54) is 0 Å². The maximum atomic E-state index is 6.35. The second kappa shape index (κ2) is 7.34. The highest BCUT2D eigenvalue weighted by Gasteiger charge is 2.15. The molecule has 0 radical (unpaired) electrons. The Morgan fingerprint density at radius 3 is 2.52 bits per heavy atom. The lowest BCUT2D eigenvalue weighted by Crippen LogP contribution is -2.07. The van der Waals surface area contributed by atoms with Gasteiger partial charge in [-0.2, -0.15) is 0 Å². The monoisotopic (exact) mass is 305 g/mol. The summed E-state index contributed by atoms with van der Waals surface area (Å²) < 4.78 is 11.4. The van der Waals surface area contributed by atoms with Crippen molar-refractivity contribution in [1.82, 2.24) is 5.32 Å². The first-order valence-corrected chi connectivity index (χ1v) is 7.26. The Kier molecular flexibility index (Phi) is 5.48. The molecule has 0 heterocycles. The standard InChI is InChI=1S/C17H20ClNO2/c1-12(14-7-5-4-6-8-14)21-17-15(18)9-13(11-19-2)10-16(17)20-3/h4-10,12,19H,11H2,1-3H3. The van der Waals surface area contributed by atoms with Crippen molar-refractivity contribution in [3.8, 4) is 11.5 Å². The molecule has 0 saturated carbocycles. The molecule has 3 nitrogen and oxygen atoms in total. The zero-order valence-electron chi connectivity index (χ0n) is 12.5. The third-order valence-corrected chi connectivity index (χ3v) is 3.51. The number of hydrogen-bond acceptors (Lipinski definition) is 3. The molecule has 0 aliphatic carbocycles. The van der Waals surface area contributed by atoms with Crippen LogP contribution in [0.5, 0.6) is 11.5 Å². The molecule has 0 spiro atoms. The molecule has 0 aliphatic heterocycles. The minimum atomic E-state index is -0.104. The Morgan fingerprint density at radius 2 is 1.90 bits per heavy atom. The summed E-state index contributed by atoms with van der Waals surface area (Å²) in [5.41, 5.74) is 2.15. The molecule has 2 rings (SSSR count). The van der Waals surface area contributed by atoms with Crippen LogP contribution in [0.4, 0.5) is 0 Å². The normalized spacial score (nSPS) is 12.0. The predicted molar refractivity (Wildman–Crippen MR) is 86.3 cm³/mol. The molecule has 2 aromatic rings. The highest BCUT2D eigenvalue weighted by atomic mass is 35.5. The van der Waals surface area contributed by atoms with Gasteiger partial charge in [-0.15, -0.1) is 0 Å². The summed E-state index contributed by atoms with van der Waals surface area (Å²) in [5, 5.41) is 3.65. The van der Waals surface area contributed by atoms with Crippen molar-refractivity contribution in [2.45, 2.75) is 19.6 Å². The topological polar surface area (TPSA) is 30.5 Å². The highest BCUT2D eigenvalue weighted by molar-refractivity contribution is 6.32. The molecule has 0 saturated heterocycles. The van der Waals surface area contributed by atoms with Crippen molar-refractivity contribution in [3.63, 3.8) is 0 Å². The molecule has 0 fully saturated rings. The van der Waals surface area contributed by atoms with E-state index in [1.54, 1.807) is 7.11 Å². The first kappa shape index (κ1) is 15.7. The lowest BCUT2D eigenvalue weighted by Gasteiger charge is -2.19. The third kappa shape index (κ3) is 3.90. The Labute approximate surface area is 130 Å². The van der Waals surface area contributed by atoms with Gasteiger partial charge < -0.3 is 14.8 Å². The van der Waals surface area contributed by atoms with Crippen molar-refractivity contribution < 1.29 is 9.47 Å². The maximum Gasteiger partial charge on any atom is 0.180 e. The predicted octanol–water partition coefficient (Wildman–Crippen LogP) is 4.21. The molecule has 0 amide bonds.